The number of nitrogens with zero attached hydrogens (tertiary/aromatic N) is 3. The summed E-state index contributed by atoms with van der Waals surface area (Å²) in [5, 5.41) is 7.37. The van der Waals surface area contributed by atoms with E-state index < -0.39 is 0 Å². The lowest BCUT2D eigenvalue weighted by Crippen LogP contribution is -2.35. The summed E-state index contributed by atoms with van der Waals surface area (Å²) >= 11 is 0. The Morgan fingerprint density at radius 1 is 1.27 bits per heavy atom. The van der Waals surface area contributed by atoms with Crippen molar-refractivity contribution in [2.45, 2.75) is 58.2 Å². The van der Waals surface area contributed by atoms with Crippen molar-refractivity contribution in [1.29, 1.82) is 0 Å². The van der Waals surface area contributed by atoms with Crippen LogP contribution in [0.15, 0.2) is 29.1 Å². The maximum atomic E-state index is 12.5. The molecule has 2 aromatic rings. The van der Waals surface area contributed by atoms with E-state index in [9.17, 15) is 9.59 Å². The molecule has 140 valence electrons. The zero-order chi connectivity index (χ0) is 18.5. The molecule has 1 N–H and O–H groups in total. The molecule has 1 aromatic heterocycles. The van der Waals surface area contributed by atoms with Crippen LogP contribution in [0.25, 0.3) is 0 Å². The van der Waals surface area contributed by atoms with Gasteiger partial charge in [-0.2, -0.15) is 5.10 Å². The van der Waals surface area contributed by atoms with E-state index in [0.29, 0.717) is 6.54 Å². The van der Waals surface area contributed by atoms with E-state index in [-0.39, 0.29) is 24.2 Å². The third-order valence-corrected chi connectivity index (χ3v) is 4.84. The number of benzene rings is 1. The standard InChI is InChI=1S/C19H26N4O3/c1-3-16(14-8-10-15(26-2)11-9-14)20-18(24)13-23-19(25)22-12-6-4-5-7-17(22)21-23/h8-11,16H,3-7,12-13H2,1-2H3,(H,20,24). The maximum absolute atomic E-state index is 12.5. The molecule has 7 nitrogen and oxygen atoms in total. The molecule has 1 atom stereocenters. The molecule has 26 heavy (non-hydrogen) atoms. The first-order valence-corrected chi connectivity index (χ1v) is 9.22. The monoisotopic (exact) mass is 358 g/mol. The molecule has 2 heterocycles. The Labute approximate surface area is 153 Å². The Morgan fingerprint density at radius 2 is 2.04 bits per heavy atom. The first-order chi connectivity index (χ1) is 12.6. The van der Waals surface area contributed by atoms with E-state index in [1.165, 1.54) is 4.68 Å². The lowest BCUT2D eigenvalue weighted by atomic mass is 10.0. The van der Waals surface area contributed by atoms with Gasteiger partial charge in [-0.25, -0.2) is 9.48 Å². The molecule has 0 aliphatic carbocycles. The number of methoxy groups -OCH3 is 1. The van der Waals surface area contributed by atoms with Gasteiger partial charge in [-0.05, 0) is 37.0 Å². The number of hydrogen-bond acceptors (Lipinski definition) is 4. The van der Waals surface area contributed by atoms with Gasteiger partial charge in [0.1, 0.15) is 18.1 Å². The van der Waals surface area contributed by atoms with Crippen molar-refractivity contribution < 1.29 is 9.53 Å². The Bertz CT molecular complexity index is 807. The highest BCUT2D eigenvalue weighted by Gasteiger charge is 2.19. The molecule has 3 rings (SSSR count). The van der Waals surface area contributed by atoms with E-state index in [2.05, 4.69) is 10.4 Å². The largest absolute Gasteiger partial charge is 0.497 e. The third-order valence-electron chi connectivity index (χ3n) is 4.84. The Balaban J connectivity index is 1.68. The molecule has 1 aliphatic heterocycles. The van der Waals surface area contributed by atoms with E-state index in [1.807, 2.05) is 31.2 Å². The van der Waals surface area contributed by atoms with Crippen molar-refractivity contribution in [3.8, 4) is 5.75 Å². The first-order valence-electron chi connectivity index (χ1n) is 9.22. The van der Waals surface area contributed by atoms with Crippen LogP contribution < -0.4 is 15.7 Å². The summed E-state index contributed by atoms with van der Waals surface area (Å²) in [4.78, 5) is 24.9. The fourth-order valence-corrected chi connectivity index (χ4v) is 3.36. The normalized spacial score (nSPS) is 15.0. The highest BCUT2D eigenvalue weighted by Crippen LogP contribution is 2.20. The number of fused-ring (bicyclic) bond motifs is 1. The summed E-state index contributed by atoms with van der Waals surface area (Å²) in [6.45, 7) is 2.66. The maximum Gasteiger partial charge on any atom is 0.346 e. The third kappa shape index (κ3) is 3.98. The fraction of sp³-hybridized carbons (Fsp3) is 0.526. The average molecular weight is 358 g/mol. The summed E-state index contributed by atoms with van der Waals surface area (Å²) in [5.41, 5.74) is 0.823. The fourth-order valence-electron chi connectivity index (χ4n) is 3.36. The second-order valence-electron chi connectivity index (χ2n) is 6.62. The van der Waals surface area contributed by atoms with E-state index >= 15 is 0 Å². The number of rotatable bonds is 6. The predicted molar refractivity (Wildman–Crippen MR) is 98.2 cm³/mol. The van der Waals surface area contributed by atoms with Crippen LogP contribution in [0.2, 0.25) is 0 Å². The van der Waals surface area contributed by atoms with Gasteiger partial charge < -0.3 is 10.1 Å². The van der Waals surface area contributed by atoms with Crippen LogP contribution in [0.3, 0.4) is 0 Å². The SMILES string of the molecule is CCC(NC(=O)Cn1nc2n(c1=O)CCCCC2)c1ccc(OC)cc1. The Kier molecular flexibility index (Phi) is 5.75. The highest BCUT2D eigenvalue weighted by molar-refractivity contribution is 5.76. The summed E-state index contributed by atoms with van der Waals surface area (Å²) in [6.07, 6.45) is 4.70. The van der Waals surface area contributed by atoms with Crippen molar-refractivity contribution in [3.05, 3.63) is 46.1 Å². The smallest absolute Gasteiger partial charge is 0.346 e. The first kappa shape index (κ1) is 18.2. The minimum atomic E-state index is -0.206. The van der Waals surface area contributed by atoms with Gasteiger partial charge in [-0.15, -0.1) is 0 Å². The van der Waals surface area contributed by atoms with Crippen LogP contribution in [0.4, 0.5) is 0 Å². The molecule has 0 fully saturated rings. The molecule has 7 heteroatoms. The quantitative estimate of drug-likeness (QED) is 0.857. The van der Waals surface area contributed by atoms with Crippen LogP contribution >= 0.6 is 0 Å². The minimum Gasteiger partial charge on any atom is -0.497 e. The lowest BCUT2D eigenvalue weighted by molar-refractivity contribution is -0.122. The average Bonchev–Trinajstić information content (AvgIpc) is 2.82. The predicted octanol–water partition coefficient (Wildman–Crippen LogP) is 2.05. The van der Waals surface area contributed by atoms with Gasteiger partial charge in [0, 0.05) is 13.0 Å². The summed E-state index contributed by atoms with van der Waals surface area (Å²) in [6, 6.07) is 7.53. The van der Waals surface area contributed by atoms with Gasteiger partial charge in [-0.1, -0.05) is 25.5 Å². The second-order valence-corrected chi connectivity index (χ2v) is 6.62. The second kappa shape index (κ2) is 8.21. The molecular weight excluding hydrogens is 332 g/mol. The van der Waals surface area contributed by atoms with Crippen molar-refractivity contribution in [2.24, 2.45) is 0 Å². The number of nitrogens with one attached hydrogen (secondary N) is 1. The lowest BCUT2D eigenvalue weighted by Gasteiger charge is -2.17. The van der Waals surface area contributed by atoms with Crippen LogP contribution in [0.5, 0.6) is 5.75 Å². The molecule has 1 aliphatic rings. The Hall–Kier alpha value is -2.57. The van der Waals surface area contributed by atoms with Gasteiger partial charge in [0.05, 0.1) is 13.2 Å². The molecule has 0 saturated heterocycles. The van der Waals surface area contributed by atoms with E-state index in [0.717, 1.165) is 49.2 Å². The van der Waals surface area contributed by atoms with Crippen LogP contribution in [-0.4, -0.2) is 27.4 Å². The molecular formula is C19H26N4O3. The Morgan fingerprint density at radius 3 is 2.73 bits per heavy atom. The zero-order valence-electron chi connectivity index (χ0n) is 15.4. The van der Waals surface area contributed by atoms with Gasteiger partial charge >= 0.3 is 5.69 Å². The highest BCUT2D eigenvalue weighted by atomic mass is 16.5. The minimum absolute atomic E-state index is 0.0501. The zero-order valence-corrected chi connectivity index (χ0v) is 15.4. The van der Waals surface area contributed by atoms with Gasteiger partial charge in [-0.3, -0.25) is 9.36 Å². The molecule has 1 amide bonds. The topological polar surface area (TPSA) is 78.2 Å². The van der Waals surface area contributed by atoms with Gasteiger partial charge in [0.15, 0.2) is 0 Å². The number of amides is 1. The summed E-state index contributed by atoms with van der Waals surface area (Å²) in [5.74, 6) is 1.37. The van der Waals surface area contributed by atoms with Crippen molar-refractivity contribution in [1.82, 2.24) is 19.7 Å². The molecule has 0 radical (unpaired) electrons. The number of carbonyl (C=O) groups excluding carboxylic acids is 1. The van der Waals surface area contributed by atoms with Crippen molar-refractivity contribution in [3.63, 3.8) is 0 Å². The molecule has 0 bridgehead atoms. The van der Waals surface area contributed by atoms with Gasteiger partial charge in [0.25, 0.3) is 0 Å². The molecule has 1 unspecified atom stereocenters. The number of aryl methyl sites for hydroxylation is 1. The van der Waals surface area contributed by atoms with Crippen LogP contribution in [-0.2, 0) is 24.3 Å². The van der Waals surface area contributed by atoms with Crippen molar-refractivity contribution >= 4 is 5.91 Å². The number of hydrogen-bond donors (Lipinski definition) is 1. The van der Waals surface area contributed by atoms with Crippen molar-refractivity contribution in [2.75, 3.05) is 7.11 Å². The number of carbonyl (C=O) groups is 1. The summed E-state index contributed by atoms with van der Waals surface area (Å²) < 4.78 is 8.17. The summed E-state index contributed by atoms with van der Waals surface area (Å²) in [7, 11) is 1.62. The molecule has 0 spiro atoms. The van der Waals surface area contributed by atoms with Crippen LogP contribution in [0.1, 0.15) is 50.0 Å². The van der Waals surface area contributed by atoms with Gasteiger partial charge in [0.2, 0.25) is 5.91 Å². The molecule has 1 aromatic carbocycles. The number of ether oxygens (including phenoxy) is 1. The van der Waals surface area contributed by atoms with E-state index in [1.54, 1.807) is 11.7 Å². The van der Waals surface area contributed by atoms with E-state index in [4.69, 9.17) is 4.74 Å². The molecule has 0 saturated carbocycles. The van der Waals surface area contributed by atoms with Crippen LogP contribution in [0, 0.1) is 0 Å². The number of aromatic nitrogens is 3.